The Balaban J connectivity index is 0.000000633. The van der Waals surface area contributed by atoms with Gasteiger partial charge >= 0.3 is 29.6 Å². The number of nitrogen functional groups attached to an aromatic ring is 3. The zero-order valence-corrected chi connectivity index (χ0v) is 49.0. The van der Waals surface area contributed by atoms with Gasteiger partial charge in [0.15, 0.2) is 5.75 Å². The van der Waals surface area contributed by atoms with Crippen molar-refractivity contribution in [3.63, 3.8) is 0 Å². The number of nitro groups is 1. The van der Waals surface area contributed by atoms with Crippen LogP contribution in [0.2, 0.25) is 0 Å². The molecule has 442 valence electrons. The number of fused-ring (bicyclic) bond motifs is 1. The van der Waals surface area contributed by atoms with Gasteiger partial charge in [-0.25, -0.2) is 8.42 Å². The second kappa shape index (κ2) is 31.6. The maximum absolute atomic E-state index is 12.6. The number of aliphatic hydroxyl groups excluding tert-OH is 3. The topological polar surface area (TPSA) is 492 Å². The number of hydrogen-bond acceptors (Lipinski definition) is 28. The van der Waals surface area contributed by atoms with Gasteiger partial charge in [-0.2, -0.15) is 21.9 Å². The number of benzene rings is 6. The smallest absolute Gasteiger partial charge is 0.744 e. The maximum Gasteiger partial charge on any atom is 1.00 e. The molecule has 6 aromatic rings. The number of phenolic OH excluding ortho intramolecular Hbond substituents is 1. The van der Waals surface area contributed by atoms with E-state index < -0.39 is 83.5 Å². The van der Waals surface area contributed by atoms with Crippen LogP contribution in [0.25, 0.3) is 21.9 Å². The monoisotopic (exact) mass is 1230 g/mol. The molecule has 35 heteroatoms. The molecule has 83 heavy (non-hydrogen) atoms. The Kier molecular flexibility index (Phi) is 26.1. The molecule has 0 heterocycles. The van der Waals surface area contributed by atoms with Crippen LogP contribution >= 0.6 is 0 Å². The van der Waals surface area contributed by atoms with Crippen molar-refractivity contribution in [1.29, 1.82) is 0 Å². The molecular weight excluding hydrogens is 1170 g/mol. The molecule has 0 aliphatic carbocycles. The minimum absolute atomic E-state index is 0. The molecule has 0 bridgehead atoms. The first-order valence-corrected chi connectivity index (χ1v) is 28.0. The summed E-state index contributed by atoms with van der Waals surface area (Å²) < 4.78 is 132. The Labute approximate surface area is 496 Å². The Morgan fingerprint density at radius 2 is 1.02 bits per heavy atom. The number of nitrogens with two attached hydrogens (primary N) is 3. The second-order valence-corrected chi connectivity index (χ2v) is 20.8. The van der Waals surface area contributed by atoms with Gasteiger partial charge in [0.05, 0.1) is 112 Å². The molecule has 0 amide bonds. The van der Waals surface area contributed by atoms with Crippen LogP contribution in [0.5, 0.6) is 17.2 Å². The van der Waals surface area contributed by atoms with Crippen LogP contribution in [0, 0.1) is 10.1 Å². The fraction of sp³-hybridized carbons (Fsp3) is 0.292. The van der Waals surface area contributed by atoms with Crippen LogP contribution in [0.3, 0.4) is 0 Å². The zero-order chi connectivity index (χ0) is 60.4. The minimum Gasteiger partial charge on any atom is -0.744 e. The predicted octanol–water partition coefficient (Wildman–Crippen LogP) is 2.85. The summed E-state index contributed by atoms with van der Waals surface area (Å²) in [6.07, 6.45) is 0. The quantitative estimate of drug-likeness (QED) is 0.00648. The molecule has 31 nitrogen and oxygen atoms in total. The van der Waals surface area contributed by atoms with Crippen molar-refractivity contribution in [1.82, 2.24) is 4.90 Å². The summed E-state index contributed by atoms with van der Waals surface area (Å²) in [5.41, 5.74) is 15.9. The van der Waals surface area contributed by atoms with Crippen LogP contribution in [0.1, 0.15) is 0 Å². The van der Waals surface area contributed by atoms with Gasteiger partial charge in [0.25, 0.3) is 25.9 Å². The summed E-state index contributed by atoms with van der Waals surface area (Å²) in [5, 5.41) is 70.9. The fourth-order valence-corrected chi connectivity index (χ4v) is 9.20. The number of phenols is 1. The third-order valence-electron chi connectivity index (χ3n) is 11.2. The van der Waals surface area contributed by atoms with E-state index in [0.717, 1.165) is 56.0 Å². The molecule has 0 aliphatic heterocycles. The van der Waals surface area contributed by atoms with E-state index in [2.05, 4.69) is 35.6 Å². The van der Waals surface area contributed by atoms with Crippen LogP contribution in [0.4, 0.5) is 56.9 Å². The average Bonchev–Trinajstić information content (AvgIpc) is 3.46. The third-order valence-corrected chi connectivity index (χ3v) is 13.8. The van der Waals surface area contributed by atoms with Crippen molar-refractivity contribution in [2.24, 2.45) is 30.7 Å². The van der Waals surface area contributed by atoms with Crippen molar-refractivity contribution in [3.8, 4) is 28.4 Å². The summed E-state index contributed by atoms with van der Waals surface area (Å²) in [5.74, 6) is -0.788. The first kappa shape index (κ1) is 68.5. The largest absolute Gasteiger partial charge is 1.00 e. The number of rotatable bonds is 28. The van der Waals surface area contributed by atoms with E-state index in [0.29, 0.717) is 62.9 Å². The van der Waals surface area contributed by atoms with Gasteiger partial charge in [-0.1, -0.05) is 12.1 Å². The maximum atomic E-state index is 12.6. The SMILES string of the molecule is COc1cc(-c2ccc(N=Nc3c(S(=O)(=O)O)cc4cc(S(=O)(=O)[O-])c(N=Nc5ccc([N+](=O)[O-])cc5)c(N)c4c3O)c(OC)c2)ccc1N=Nc1cc(S(=O)(=O)O)c(N)cc1N.OCCOCCN(CCOCCO)CCOCCO.[Na+]. The molecule has 0 unspecified atom stereocenters. The van der Waals surface area contributed by atoms with Crippen molar-refractivity contribution < 1.29 is 118 Å². The number of hydrogen-bond donors (Lipinski definition) is 9. The van der Waals surface area contributed by atoms with E-state index in [9.17, 15) is 54.1 Å². The summed E-state index contributed by atoms with van der Waals surface area (Å²) >= 11 is 0. The molecule has 6 rings (SSSR count). The number of methoxy groups -OCH3 is 2. The molecule has 0 aromatic heterocycles. The van der Waals surface area contributed by atoms with Crippen molar-refractivity contribution in [2.75, 3.05) is 111 Å². The number of aromatic hydroxyl groups is 1. The standard InChI is InChI=1S/C36H30N10O14S3.C12H27NO6.Na/c1-59-27-11-17(3-9-24(27)41-43-26-16-29(61(50,51)52)23(38)15-22(26)37)18-4-10-25(28(12-18)60-2)42-45-35-31(63(56,57)58)14-19-13-30(62(53,54)55)34(33(39)32(19)36(35)47)44-40-20-5-7-21(8-6-20)46(48)49;14-4-10-17-7-1-13(2-8-18-11-5-15)3-9-19-12-6-16;/h3-16,47H,37-39H2,1-2H3,(H,50,51,52)(H,53,54,55)(H,56,57,58);14-16H,1-12H2;/q;;+1/p-1. The van der Waals surface area contributed by atoms with Gasteiger partial charge in [0.1, 0.15) is 59.8 Å². The number of azo groups is 3. The second-order valence-electron chi connectivity index (χ2n) is 16.7. The van der Waals surface area contributed by atoms with Crippen molar-refractivity contribution in [2.45, 2.75) is 14.7 Å². The van der Waals surface area contributed by atoms with E-state index in [1.165, 1.54) is 32.4 Å². The van der Waals surface area contributed by atoms with Gasteiger partial charge in [0, 0.05) is 31.8 Å². The summed E-state index contributed by atoms with van der Waals surface area (Å²) in [6.45, 7) is 4.92. The van der Waals surface area contributed by atoms with E-state index in [1.807, 2.05) is 0 Å². The molecule has 6 aromatic carbocycles. The molecule has 0 aliphatic rings. The molecule has 0 spiro atoms. The van der Waals surface area contributed by atoms with E-state index in [-0.39, 0.29) is 101 Å². The first-order valence-electron chi connectivity index (χ1n) is 23.7. The molecule has 0 saturated heterocycles. The Hall–Kier alpha value is -6.97. The fourth-order valence-electron chi connectivity index (χ4n) is 7.27. The van der Waals surface area contributed by atoms with E-state index in [4.69, 9.17) is 56.2 Å². The molecule has 12 N–H and O–H groups in total. The van der Waals surface area contributed by atoms with Gasteiger partial charge < -0.3 is 65.9 Å². The third kappa shape index (κ3) is 19.3. The van der Waals surface area contributed by atoms with Gasteiger partial charge in [-0.3, -0.25) is 24.1 Å². The Bertz CT molecular complexity index is 3650. The number of non-ortho nitro benzene ring substituents is 1. The Morgan fingerprint density at radius 3 is 1.47 bits per heavy atom. The predicted molar refractivity (Wildman–Crippen MR) is 294 cm³/mol. The molecule has 0 fully saturated rings. The molecule has 0 atom stereocenters. The average molecular weight is 1230 g/mol. The number of aliphatic hydroxyl groups is 3. The van der Waals surface area contributed by atoms with Crippen molar-refractivity contribution >= 4 is 98.0 Å². The number of nitrogens with zero attached hydrogens (tertiary/aromatic N) is 8. The summed E-state index contributed by atoms with van der Waals surface area (Å²) in [7, 11) is -12.7. The molecule has 0 saturated carbocycles. The summed E-state index contributed by atoms with van der Waals surface area (Å²) in [6, 6.07) is 17.0. The van der Waals surface area contributed by atoms with Crippen molar-refractivity contribution in [3.05, 3.63) is 95.0 Å². The number of ether oxygens (including phenoxy) is 5. The van der Waals surface area contributed by atoms with E-state index >= 15 is 0 Å². The van der Waals surface area contributed by atoms with Crippen LogP contribution in [-0.4, -0.2) is 162 Å². The number of nitro benzene ring substituents is 1. The van der Waals surface area contributed by atoms with Crippen LogP contribution in [0.15, 0.2) is 130 Å². The van der Waals surface area contributed by atoms with Gasteiger partial charge in [-0.15, -0.1) is 25.6 Å². The number of anilines is 3. The molecular formula is C48H56N11NaO20S3. The van der Waals surface area contributed by atoms with E-state index in [1.54, 1.807) is 18.2 Å². The van der Waals surface area contributed by atoms with Crippen LogP contribution < -0.4 is 56.2 Å². The normalized spacial score (nSPS) is 12.1. The van der Waals surface area contributed by atoms with Gasteiger partial charge in [0.2, 0.25) is 0 Å². The molecule has 0 radical (unpaired) electrons. The van der Waals surface area contributed by atoms with Gasteiger partial charge in [-0.05, 0) is 77.2 Å². The Morgan fingerprint density at radius 1 is 0.566 bits per heavy atom. The summed E-state index contributed by atoms with van der Waals surface area (Å²) in [4.78, 5) is 9.68. The zero-order valence-electron chi connectivity index (χ0n) is 44.5. The minimum atomic E-state index is -5.42. The van der Waals surface area contributed by atoms with Crippen LogP contribution in [-0.2, 0) is 44.6 Å². The first-order chi connectivity index (χ1) is 38.9.